The molecule has 2 rings (SSSR count). The van der Waals surface area contributed by atoms with E-state index in [0.29, 0.717) is 41.4 Å². The van der Waals surface area contributed by atoms with Gasteiger partial charge in [-0.25, -0.2) is 0 Å². The number of nitrogens with two attached hydrogens (primary N) is 1. The number of halogens is 2. The van der Waals surface area contributed by atoms with E-state index in [1.165, 1.54) is 0 Å². The van der Waals surface area contributed by atoms with E-state index in [0.717, 1.165) is 11.1 Å². The molecule has 2 aromatic carbocycles. The van der Waals surface area contributed by atoms with E-state index in [1.807, 2.05) is 12.1 Å². The first kappa shape index (κ1) is 18.3. The van der Waals surface area contributed by atoms with Gasteiger partial charge in [0, 0.05) is 28.6 Å². The van der Waals surface area contributed by atoms with Crippen molar-refractivity contribution in [3.8, 4) is 0 Å². The zero-order valence-electron chi connectivity index (χ0n) is 13.0. The van der Waals surface area contributed by atoms with Gasteiger partial charge in [0.1, 0.15) is 0 Å². The van der Waals surface area contributed by atoms with Gasteiger partial charge in [-0.3, -0.25) is 9.59 Å². The van der Waals surface area contributed by atoms with Crippen LogP contribution >= 0.6 is 23.2 Å². The van der Waals surface area contributed by atoms with Crippen molar-refractivity contribution in [2.45, 2.75) is 19.3 Å². The molecule has 0 atom stereocenters. The molecular formula is C18H18Cl2N2O2. The Balaban J connectivity index is 1.77. The third kappa shape index (κ3) is 5.55. The number of rotatable bonds is 7. The van der Waals surface area contributed by atoms with E-state index in [2.05, 4.69) is 5.32 Å². The Hall–Kier alpha value is -2.04. The molecule has 0 unspecified atom stereocenters. The van der Waals surface area contributed by atoms with Crippen molar-refractivity contribution in [3.05, 3.63) is 69.2 Å². The Morgan fingerprint density at radius 3 is 2.54 bits per heavy atom. The molecule has 0 aliphatic heterocycles. The summed E-state index contributed by atoms with van der Waals surface area (Å²) in [5.41, 5.74) is 7.56. The fourth-order valence-electron chi connectivity index (χ4n) is 2.29. The summed E-state index contributed by atoms with van der Waals surface area (Å²) in [6.45, 7) is 0.495. The molecule has 2 amide bonds. The second kappa shape index (κ2) is 8.71. The van der Waals surface area contributed by atoms with Crippen LogP contribution in [0.4, 0.5) is 0 Å². The molecule has 126 valence electrons. The van der Waals surface area contributed by atoms with Crippen molar-refractivity contribution in [3.63, 3.8) is 0 Å². The van der Waals surface area contributed by atoms with Gasteiger partial charge in [0.2, 0.25) is 11.8 Å². The van der Waals surface area contributed by atoms with E-state index in [-0.39, 0.29) is 5.91 Å². The summed E-state index contributed by atoms with van der Waals surface area (Å²) >= 11 is 11.9. The average Bonchev–Trinajstić information content (AvgIpc) is 2.54. The topological polar surface area (TPSA) is 72.2 Å². The van der Waals surface area contributed by atoms with Crippen LogP contribution in [0.3, 0.4) is 0 Å². The predicted octanol–water partition coefficient (Wildman–Crippen LogP) is 3.38. The van der Waals surface area contributed by atoms with E-state index in [9.17, 15) is 9.59 Å². The first-order valence-electron chi connectivity index (χ1n) is 7.55. The number of nitrogens with one attached hydrogen (secondary N) is 1. The lowest BCUT2D eigenvalue weighted by Crippen LogP contribution is -2.26. The zero-order chi connectivity index (χ0) is 17.5. The number of hydrogen-bond donors (Lipinski definition) is 2. The minimum Gasteiger partial charge on any atom is -0.366 e. The molecule has 0 fully saturated rings. The van der Waals surface area contributed by atoms with Crippen molar-refractivity contribution >= 4 is 35.0 Å². The summed E-state index contributed by atoms with van der Waals surface area (Å²) in [4.78, 5) is 23.0. The summed E-state index contributed by atoms with van der Waals surface area (Å²) in [7, 11) is 0. The lowest BCUT2D eigenvalue weighted by molar-refractivity contribution is -0.121. The fraction of sp³-hybridized carbons (Fsp3) is 0.222. The summed E-state index contributed by atoms with van der Waals surface area (Å²) in [5, 5.41) is 4.00. The van der Waals surface area contributed by atoms with Crippen LogP contribution in [0.15, 0.2) is 42.5 Å². The number of benzene rings is 2. The second-order valence-corrected chi connectivity index (χ2v) is 6.24. The summed E-state index contributed by atoms with van der Waals surface area (Å²) in [6.07, 6.45) is 1.54. The molecule has 0 spiro atoms. The van der Waals surface area contributed by atoms with Gasteiger partial charge in [-0.2, -0.15) is 0 Å². The maximum absolute atomic E-state index is 11.9. The molecule has 2 aromatic rings. The van der Waals surface area contributed by atoms with Gasteiger partial charge < -0.3 is 11.1 Å². The summed E-state index contributed by atoms with van der Waals surface area (Å²) in [6, 6.07) is 12.3. The van der Waals surface area contributed by atoms with E-state index in [4.69, 9.17) is 28.9 Å². The lowest BCUT2D eigenvalue weighted by atomic mass is 10.1. The van der Waals surface area contributed by atoms with E-state index in [1.54, 1.807) is 30.3 Å². The van der Waals surface area contributed by atoms with Gasteiger partial charge in [0.15, 0.2) is 0 Å². The lowest BCUT2D eigenvalue weighted by Gasteiger charge is -2.07. The van der Waals surface area contributed by atoms with Crippen LogP contribution in [0, 0.1) is 0 Å². The van der Waals surface area contributed by atoms with Crippen LogP contribution < -0.4 is 11.1 Å². The molecule has 0 radical (unpaired) electrons. The number of aryl methyl sites for hydroxylation is 1. The molecule has 6 heteroatoms. The van der Waals surface area contributed by atoms with E-state index < -0.39 is 5.91 Å². The largest absolute Gasteiger partial charge is 0.366 e. The monoisotopic (exact) mass is 364 g/mol. The fourth-order valence-corrected chi connectivity index (χ4v) is 2.79. The Morgan fingerprint density at radius 2 is 1.83 bits per heavy atom. The van der Waals surface area contributed by atoms with Crippen LogP contribution in [0.25, 0.3) is 0 Å². The smallest absolute Gasteiger partial charge is 0.248 e. The van der Waals surface area contributed by atoms with E-state index >= 15 is 0 Å². The minimum atomic E-state index is -0.458. The quantitative estimate of drug-likeness (QED) is 0.790. The second-order valence-electron chi connectivity index (χ2n) is 5.40. The molecule has 3 N–H and O–H groups in total. The Kier molecular flexibility index (Phi) is 6.64. The normalized spacial score (nSPS) is 10.4. The van der Waals surface area contributed by atoms with Gasteiger partial charge in [-0.15, -0.1) is 0 Å². The molecule has 0 heterocycles. The number of amides is 2. The zero-order valence-corrected chi connectivity index (χ0v) is 14.5. The van der Waals surface area contributed by atoms with Crippen LogP contribution in [0.1, 0.15) is 27.9 Å². The van der Waals surface area contributed by atoms with Gasteiger partial charge in [0.25, 0.3) is 0 Å². The van der Waals surface area contributed by atoms with Gasteiger partial charge >= 0.3 is 0 Å². The summed E-state index contributed by atoms with van der Waals surface area (Å²) < 4.78 is 0. The van der Waals surface area contributed by atoms with Gasteiger partial charge in [0.05, 0.1) is 0 Å². The first-order chi connectivity index (χ1) is 11.5. The SMILES string of the molecule is NC(=O)c1cccc(CCNC(=O)CCc2ccc(Cl)cc2Cl)c1. The average molecular weight is 365 g/mol. The molecule has 0 aliphatic rings. The van der Waals surface area contributed by atoms with Gasteiger partial charge in [-0.05, 0) is 48.2 Å². The highest BCUT2D eigenvalue weighted by Crippen LogP contribution is 2.21. The molecular weight excluding hydrogens is 347 g/mol. The summed E-state index contributed by atoms with van der Waals surface area (Å²) in [5.74, 6) is -0.507. The highest BCUT2D eigenvalue weighted by Gasteiger charge is 2.06. The molecule has 0 aliphatic carbocycles. The molecule has 0 saturated heterocycles. The minimum absolute atomic E-state index is 0.0490. The molecule has 0 aromatic heterocycles. The number of hydrogen-bond acceptors (Lipinski definition) is 2. The highest BCUT2D eigenvalue weighted by atomic mass is 35.5. The third-order valence-electron chi connectivity index (χ3n) is 3.58. The Morgan fingerprint density at radius 1 is 1.04 bits per heavy atom. The number of carbonyl (C=O) groups is 2. The first-order valence-corrected chi connectivity index (χ1v) is 8.30. The van der Waals surface area contributed by atoms with Crippen molar-refractivity contribution in [2.75, 3.05) is 6.54 Å². The maximum Gasteiger partial charge on any atom is 0.248 e. The molecule has 4 nitrogen and oxygen atoms in total. The number of carbonyl (C=O) groups excluding carboxylic acids is 2. The molecule has 0 bridgehead atoms. The Labute approximate surface area is 150 Å². The Bertz CT molecular complexity index is 748. The molecule has 0 saturated carbocycles. The van der Waals surface area contributed by atoms with Crippen molar-refractivity contribution in [2.24, 2.45) is 5.73 Å². The van der Waals surface area contributed by atoms with Crippen molar-refractivity contribution < 1.29 is 9.59 Å². The third-order valence-corrected chi connectivity index (χ3v) is 4.17. The van der Waals surface area contributed by atoms with Crippen LogP contribution in [-0.2, 0) is 17.6 Å². The predicted molar refractivity (Wildman–Crippen MR) is 96.5 cm³/mol. The maximum atomic E-state index is 11.9. The standard InChI is InChI=1S/C18H18Cl2N2O2/c19-15-6-4-13(16(20)11-15)5-7-17(23)22-9-8-12-2-1-3-14(10-12)18(21)24/h1-4,6,10-11H,5,7-9H2,(H2,21,24)(H,22,23). The highest BCUT2D eigenvalue weighted by molar-refractivity contribution is 6.35. The molecule has 24 heavy (non-hydrogen) atoms. The van der Waals surface area contributed by atoms with Crippen molar-refractivity contribution in [1.29, 1.82) is 0 Å². The van der Waals surface area contributed by atoms with Crippen LogP contribution in [0.5, 0.6) is 0 Å². The van der Waals surface area contributed by atoms with Crippen LogP contribution in [-0.4, -0.2) is 18.4 Å². The van der Waals surface area contributed by atoms with Gasteiger partial charge in [-0.1, -0.05) is 41.4 Å². The number of primary amides is 1. The van der Waals surface area contributed by atoms with Crippen molar-refractivity contribution in [1.82, 2.24) is 5.32 Å². The van der Waals surface area contributed by atoms with Crippen LogP contribution in [0.2, 0.25) is 10.0 Å².